The van der Waals surface area contributed by atoms with Crippen LogP contribution >= 0.6 is 0 Å². The van der Waals surface area contributed by atoms with Gasteiger partial charge in [0, 0.05) is 23.5 Å². The van der Waals surface area contributed by atoms with Crippen LogP contribution in [0.3, 0.4) is 0 Å². The molecule has 0 fully saturated rings. The van der Waals surface area contributed by atoms with E-state index in [-0.39, 0.29) is 0 Å². The maximum atomic E-state index is 10.9. The van der Waals surface area contributed by atoms with Gasteiger partial charge < -0.3 is 4.74 Å². The third kappa shape index (κ3) is 2.30. The lowest BCUT2D eigenvalue weighted by Crippen LogP contribution is -1.92. The van der Waals surface area contributed by atoms with Crippen LogP contribution in [0, 0.1) is 6.92 Å². The second-order valence-corrected chi connectivity index (χ2v) is 3.65. The zero-order chi connectivity index (χ0) is 12.3. The van der Waals surface area contributed by atoms with Gasteiger partial charge in [-0.2, -0.15) is 0 Å². The molecule has 0 amide bonds. The molecule has 0 saturated carbocycles. The summed E-state index contributed by atoms with van der Waals surface area (Å²) in [4.78, 5) is 18.9. The average molecular weight is 228 g/mol. The first-order valence-electron chi connectivity index (χ1n) is 5.17. The lowest BCUT2D eigenvalue weighted by molar-refractivity contribution is 0.112. The molecule has 0 atom stereocenters. The van der Waals surface area contributed by atoms with E-state index in [4.69, 9.17) is 4.74 Å². The maximum absolute atomic E-state index is 10.9. The van der Waals surface area contributed by atoms with Crippen LogP contribution in [0.1, 0.15) is 15.9 Å². The number of carbonyl (C=O) groups excluding carboxylic acids is 1. The largest absolute Gasteiger partial charge is 0.467 e. The monoisotopic (exact) mass is 228 g/mol. The Bertz CT molecular complexity index is 536. The van der Waals surface area contributed by atoms with E-state index in [2.05, 4.69) is 9.97 Å². The first-order valence-corrected chi connectivity index (χ1v) is 5.17. The van der Waals surface area contributed by atoms with Crippen molar-refractivity contribution in [1.29, 1.82) is 0 Å². The van der Waals surface area contributed by atoms with Gasteiger partial charge >= 0.3 is 6.01 Å². The maximum Gasteiger partial charge on any atom is 0.316 e. The molecule has 2 aromatic rings. The molecular formula is C13H12N2O2. The fourth-order valence-electron chi connectivity index (χ4n) is 1.52. The molecule has 1 aromatic heterocycles. The summed E-state index contributed by atoms with van der Waals surface area (Å²) in [5.41, 5.74) is 3.41. The second kappa shape index (κ2) is 4.74. The van der Waals surface area contributed by atoms with Crippen LogP contribution in [0.25, 0.3) is 11.1 Å². The topological polar surface area (TPSA) is 52.1 Å². The highest BCUT2D eigenvalue weighted by molar-refractivity contribution is 5.80. The number of aryl methyl sites for hydroxylation is 1. The highest BCUT2D eigenvalue weighted by Crippen LogP contribution is 2.21. The molecule has 0 N–H and O–H groups in total. The molecule has 0 aliphatic carbocycles. The van der Waals surface area contributed by atoms with Crippen LogP contribution in [0.2, 0.25) is 0 Å². The molecule has 1 aromatic carbocycles. The summed E-state index contributed by atoms with van der Waals surface area (Å²) < 4.78 is 4.89. The number of hydrogen-bond acceptors (Lipinski definition) is 4. The first-order chi connectivity index (χ1) is 8.24. The SMILES string of the molecule is COc1ncc(-c2ccc(C)c(C=O)c2)cn1. The number of rotatable bonds is 3. The Morgan fingerprint density at radius 3 is 2.47 bits per heavy atom. The Labute approximate surface area is 99.3 Å². The van der Waals surface area contributed by atoms with E-state index in [1.54, 1.807) is 12.4 Å². The number of methoxy groups -OCH3 is 1. The average Bonchev–Trinajstić information content (AvgIpc) is 2.39. The third-order valence-electron chi connectivity index (χ3n) is 2.55. The van der Waals surface area contributed by atoms with Crippen LogP contribution < -0.4 is 4.74 Å². The minimum Gasteiger partial charge on any atom is -0.467 e. The predicted molar refractivity (Wildman–Crippen MR) is 64.1 cm³/mol. The summed E-state index contributed by atoms with van der Waals surface area (Å²) in [5, 5.41) is 0. The van der Waals surface area contributed by atoms with Crippen molar-refractivity contribution < 1.29 is 9.53 Å². The molecule has 17 heavy (non-hydrogen) atoms. The van der Waals surface area contributed by atoms with Crippen molar-refractivity contribution in [3.05, 3.63) is 41.7 Å². The number of aldehydes is 1. The molecule has 0 aliphatic rings. The van der Waals surface area contributed by atoms with Crippen LogP contribution in [0.4, 0.5) is 0 Å². The van der Waals surface area contributed by atoms with Crippen LogP contribution in [0.5, 0.6) is 6.01 Å². The van der Waals surface area contributed by atoms with E-state index in [1.807, 2.05) is 25.1 Å². The van der Waals surface area contributed by atoms with E-state index in [0.717, 1.165) is 23.0 Å². The van der Waals surface area contributed by atoms with Gasteiger partial charge in [0.1, 0.15) is 6.29 Å². The highest BCUT2D eigenvalue weighted by Gasteiger charge is 2.03. The number of aromatic nitrogens is 2. The van der Waals surface area contributed by atoms with Crippen molar-refractivity contribution in [2.75, 3.05) is 7.11 Å². The summed E-state index contributed by atoms with van der Waals surface area (Å²) in [6, 6.07) is 6.00. The van der Waals surface area contributed by atoms with Gasteiger partial charge in [0.2, 0.25) is 0 Å². The standard InChI is InChI=1S/C13H12N2O2/c1-9-3-4-10(5-11(9)8-16)12-6-14-13(17-2)15-7-12/h3-8H,1-2H3. The second-order valence-electron chi connectivity index (χ2n) is 3.65. The van der Waals surface area contributed by atoms with Crippen molar-refractivity contribution in [2.45, 2.75) is 6.92 Å². The summed E-state index contributed by atoms with van der Waals surface area (Å²) in [6.07, 6.45) is 4.19. The Hall–Kier alpha value is -2.23. The van der Waals surface area contributed by atoms with Gasteiger partial charge in [0.15, 0.2) is 0 Å². The van der Waals surface area contributed by atoms with Crippen molar-refractivity contribution in [3.63, 3.8) is 0 Å². The highest BCUT2D eigenvalue weighted by atomic mass is 16.5. The fourth-order valence-corrected chi connectivity index (χ4v) is 1.52. The lowest BCUT2D eigenvalue weighted by Gasteiger charge is -2.04. The summed E-state index contributed by atoms with van der Waals surface area (Å²) in [7, 11) is 1.52. The number of carbonyl (C=O) groups is 1. The van der Waals surface area contributed by atoms with Gasteiger partial charge in [0.05, 0.1) is 7.11 Å². The van der Waals surface area contributed by atoms with Gasteiger partial charge in [0.25, 0.3) is 0 Å². The quantitative estimate of drug-likeness (QED) is 0.756. The van der Waals surface area contributed by atoms with Crippen molar-refractivity contribution in [1.82, 2.24) is 9.97 Å². The molecule has 0 unspecified atom stereocenters. The van der Waals surface area contributed by atoms with E-state index < -0.39 is 0 Å². The number of nitrogens with zero attached hydrogens (tertiary/aromatic N) is 2. The zero-order valence-corrected chi connectivity index (χ0v) is 9.68. The molecule has 0 saturated heterocycles. The molecule has 2 rings (SSSR count). The van der Waals surface area contributed by atoms with Gasteiger partial charge in [-0.1, -0.05) is 12.1 Å². The predicted octanol–water partition coefficient (Wildman–Crippen LogP) is 2.27. The normalized spacial score (nSPS) is 10.0. The van der Waals surface area contributed by atoms with E-state index >= 15 is 0 Å². The molecule has 0 aliphatic heterocycles. The Morgan fingerprint density at radius 1 is 1.18 bits per heavy atom. The molecule has 0 bridgehead atoms. The molecule has 86 valence electrons. The van der Waals surface area contributed by atoms with Crippen molar-refractivity contribution >= 4 is 6.29 Å². The van der Waals surface area contributed by atoms with Gasteiger partial charge in [-0.25, -0.2) is 9.97 Å². The summed E-state index contributed by atoms with van der Waals surface area (Å²) in [6.45, 7) is 1.90. The van der Waals surface area contributed by atoms with Crippen LogP contribution in [-0.4, -0.2) is 23.4 Å². The van der Waals surface area contributed by atoms with Gasteiger partial charge in [-0.15, -0.1) is 0 Å². The Kier molecular flexibility index (Phi) is 3.14. The van der Waals surface area contributed by atoms with E-state index in [1.165, 1.54) is 7.11 Å². The Balaban J connectivity index is 2.41. The van der Waals surface area contributed by atoms with Gasteiger partial charge in [-0.05, 0) is 24.1 Å². The first kappa shape index (κ1) is 11.3. The third-order valence-corrected chi connectivity index (χ3v) is 2.55. The number of hydrogen-bond donors (Lipinski definition) is 0. The summed E-state index contributed by atoms with van der Waals surface area (Å²) >= 11 is 0. The molecular weight excluding hydrogens is 216 g/mol. The molecule has 4 nitrogen and oxygen atoms in total. The fraction of sp³-hybridized carbons (Fsp3) is 0.154. The minimum atomic E-state index is 0.330. The number of ether oxygens (including phenoxy) is 1. The minimum absolute atomic E-state index is 0.330. The van der Waals surface area contributed by atoms with E-state index in [0.29, 0.717) is 11.6 Å². The zero-order valence-electron chi connectivity index (χ0n) is 9.68. The molecule has 1 heterocycles. The van der Waals surface area contributed by atoms with Crippen LogP contribution in [-0.2, 0) is 0 Å². The van der Waals surface area contributed by atoms with Crippen molar-refractivity contribution in [3.8, 4) is 17.1 Å². The summed E-state index contributed by atoms with van der Waals surface area (Å²) in [5.74, 6) is 0. The molecule has 0 spiro atoms. The van der Waals surface area contributed by atoms with Gasteiger partial charge in [-0.3, -0.25) is 4.79 Å². The lowest BCUT2D eigenvalue weighted by atomic mass is 10.0. The molecule has 0 radical (unpaired) electrons. The molecule has 4 heteroatoms. The van der Waals surface area contributed by atoms with Crippen LogP contribution in [0.15, 0.2) is 30.6 Å². The number of benzene rings is 1. The van der Waals surface area contributed by atoms with Crippen molar-refractivity contribution in [2.24, 2.45) is 0 Å². The van der Waals surface area contributed by atoms with E-state index in [9.17, 15) is 4.79 Å². The Morgan fingerprint density at radius 2 is 1.88 bits per heavy atom. The smallest absolute Gasteiger partial charge is 0.316 e.